The summed E-state index contributed by atoms with van der Waals surface area (Å²) in [5.41, 5.74) is -0.0422. The number of alkyl halides is 2. The molecule has 0 spiro atoms. The van der Waals surface area contributed by atoms with E-state index in [-0.39, 0.29) is 48.8 Å². The average Bonchev–Trinajstić information content (AvgIpc) is 3.31. The molecule has 2 heterocycles. The van der Waals surface area contributed by atoms with Crippen molar-refractivity contribution in [1.82, 2.24) is 10.2 Å². The standard InChI is InChI=1S/C28H33ClF2N4O4S/c29-24-10-9-23(40-24)28(38)32-14-22(35(18-5-2-6-18)15-17-3-1-4-17)27(37)33-21-8-7-19(13-20(21)26(30)31)34-11-12-39-16-25(34)36/h7-10,13,17-18,22,26H,1-6,11-12,14-16H2,(H,32,38)(H,33,37)/t22-/m1/s1. The van der Waals surface area contributed by atoms with Crippen LogP contribution >= 0.6 is 22.9 Å². The maximum absolute atomic E-state index is 14.2. The van der Waals surface area contributed by atoms with Crippen LogP contribution in [0.3, 0.4) is 0 Å². The number of anilines is 2. The molecule has 1 saturated heterocycles. The molecular weight excluding hydrogens is 562 g/mol. The van der Waals surface area contributed by atoms with Crippen LogP contribution in [-0.4, -0.2) is 67.6 Å². The van der Waals surface area contributed by atoms with Gasteiger partial charge in [-0.05, 0) is 61.9 Å². The molecule has 2 N–H and O–H groups in total. The largest absolute Gasteiger partial charge is 0.370 e. The first-order chi connectivity index (χ1) is 19.3. The number of halogens is 3. The van der Waals surface area contributed by atoms with E-state index in [4.69, 9.17) is 16.3 Å². The molecule has 8 nitrogen and oxygen atoms in total. The van der Waals surface area contributed by atoms with Crippen LogP contribution in [0.15, 0.2) is 30.3 Å². The molecule has 0 unspecified atom stereocenters. The van der Waals surface area contributed by atoms with Gasteiger partial charge in [-0.1, -0.05) is 24.4 Å². The van der Waals surface area contributed by atoms with Gasteiger partial charge in [-0.3, -0.25) is 19.3 Å². The minimum absolute atomic E-state index is 0.0111. The smallest absolute Gasteiger partial charge is 0.265 e. The van der Waals surface area contributed by atoms with Gasteiger partial charge in [0.25, 0.3) is 18.2 Å². The van der Waals surface area contributed by atoms with Gasteiger partial charge in [-0.2, -0.15) is 0 Å². The number of thiophene rings is 1. The predicted octanol–water partition coefficient (Wildman–Crippen LogP) is 5.09. The molecule has 3 amide bonds. The van der Waals surface area contributed by atoms with Gasteiger partial charge in [-0.25, -0.2) is 8.78 Å². The van der Waals surface area contributed by atoms with E-state index in [0.29, 0.717) is 27.4 Å². The second kappa shape index (κ2) is 12.9. The topological polar surface area (TPSA) is 91.0 Å². The molecule has 0 bridgehead atoms. The van der Waals surface area contributed by atoms with Gasteiger partial charge < -0.3 is 20.3 Å². The van der Waals surface area contributed by atoms with E-state index < -0.39 is 18.4 Å². The normalized spacial score (nSPS) is 18.9. The van der Waals surface area contributed by atoms with E-state index in [0.717, 1.165) is 56.4 Å². The molecule has 2 aromatic rings. The Hall–Kier alpha value is -2.60. The summed E-state index contributed by atoms with van der Waals surface area (Å²) in [7, 11) is 0. The number of carbonyl (C=O) groups excluding carboxylic acids is 3. The zero-order valence-electron chi connectivity index (χ0n) is 22.0. The predicted molar refractivity (Wildman–Crippen MR) is 150 cm³/mol. The van der Waals surface area contributed by atoms with Crippen molar-refractivity contribution < 1.29 is 27.9 Å². The molecule has 2 aliphatic carbocycles. The average molecular weight is 595 g/mol. The number of hydrogen-bond donors (Lipinski definition) is 2. The lowest BCUT2D eigenvalue weighted by Crippen LogP contribution is -2.57. The number of ether oxygens (including phenoxy) is 1. The minimum atomic E-state index is -2.87. The highest BCUT2D eigenvalue weighted by Gasteiger charge is 2.37. The molecule has 2 saturated carbocycles. The second-order valence-corrected chi connectivity index (χ2v) is 12.3. The fraction of sp³-hybridized carbons (Fsp3) is 0.536. The van der Waals surface area contributed by atoms with Gasteiger partial charge in [0, 0.05) is 42.6 Å². The highest BCUT2D eigenvalue weighted by Crippen LogP contribution is 2.35. The van der Waals surface area contributed by atoms with Crippen LogP contribution in [0.2, 0.25) is 4.34 Å². The van der Waals surface area contributed by atoms with Crippen molar-refractivity contribution in [2.24, 2.45) is 5.92 Å². The number of hydrogen-bond acceptors (Lipinski definition) is 6. The summed E-state index contributed by atoms with van der Waals surface area (Å²) in [4.78, 5) is 42.9. The van der Waals surface area contributed by atoms with Crippen LogP contribution in [0.25, 0.3) is 0 Å². The number of morpholine rings is 1. The lowest BCUT2D eigenvalue weighted by atomic mass is 9.82. The van der Waals surface area contributed by atoms with Crippen LogP contribution in [0.1, 0.15) is 60.2 Å². The van der Waals surface area contributed by atoms with Crippen LogP contribution < -0.4 is 15.5 Å². The second-order valence-electron chi connectivity index (χ2n) is 10.6. The number of nitrogens with one attached hydrogen (secondary N) is 2. The summed E-state index contributed by atoms with van der Waals surface area (Å²) in [6.45, 7) is 1.24. The van der Waals surface area contributed by atoms with Crippen molar-refractivity contribution in [1.29, 1.82) is 0 Å². The first kappa shape index (κ1) is 28.9. The van der Waals surface area contributed by atoms with Crippen LogP contribution in [0.4, 0.5) is 20.2 Å². The molecule has 1 aliphatic heterocycles. The molecule has 3 fully saturated rings. The summed E-state index contributed by atoms with van der Waals surface area (Å²) in [5.74, 6) is -0.615. The summed E-state index contributed by atoms with van der Waals surface area (Å²) in [6, 6.07) is 6.96. The zero-order valence-corrected chi connectivity index (χ0v) is 23.6. The molecular formula is C28H33ClF2N4O4S. The van der Waals surface area contributed by atoms with E-state index >= 15 is 0 Å². The fourth-order valence-electron chi connectivity index (χ4n) is 5.32. The van der Waals surface area contributed by atoms with Gasteiger partial charge in [0.2, 0.25) is 5.91 Å². The minimum Gasteiger partial charge on any atom is -0.370 e. The van der Waals surface area contributed by atoms with Crippen molar-refractivity contribution in [3.05, 3.63) is 45.1 Å². The SMILES string of the molecule is O=C(NC[C@H](C(=O)Nc1ccc(N2CCOCC2=O)cc1C(F)F)N(CC1CCC1)C1CCC1)c1ccc(Cl)s1. The molecule has 216 valence electrons. The van der Waals surface area contributed by atoms with Gasteiger partial charge in [0.15, 0.2) is 0 Å². The quantitative estimate of drug-likeness (QED) is 0.378. The third-order valence-corrected chi connectivity index (χ3v) is 9.25. The third kappa shape index (κ3) is 6.64. The Morgan fingerprint density at radius 2 is 1.93 bits per heavy atom. The Balaban J connectivity index is 1.37. The Morgan fingerprint density at radius 1 is 1.15 bits per heavy atom. The lowest BCUT2D eigenvalue weighted by molar-refractivity contribution is -0.126. The van der Waals surface area contributed by atoms with Crippen molar-refractivity contribution in [3.8, 4) is 0 Å². The third-order valence-electron chi connectivity index (χ3n) is 8.02. The van der Waals surface area contributed by atoms with Gasteiger partial charge in [0.05, 0.1) is 15.8 Å². The molecule has 1 atom stereocenters. The highest BCUT2D eigenvalue weighted by atomic mass is 35.5. The van der Waals surface area contributed by atoms with Crippen molar-refractivity contribution >= 4 is 52.0 Å². The van der Waals surface area contributed by atoms with Gasteiger partial charge >= 0.3 is 0 Å². The van der Waals surface area contributed by atoms with E-state index in [9.17, 15) is 23.2 Å². The molecule has 40 heavy (non-hydrogen) atoms. The first-order valence-electron chi connectivity index (χ1n) is 13.7. The van der Waals surface area contributed by atoms with Crippen molar-refractivity contribution in [2.75, 3.05) is 43.1 Å². The van der Waals surface area contributed by atoms with E-state index in [1.165, 1.54) is 17.0 Å². The van der Waals surface area contributed by atoms with Crippen LogP contribution in [-0.2, 0) is 14.3 Å². The Labute approximate surface area is 241 Å². The van der Waals surface area contributed by atoms with E-state index in [1.54, 1.807) is 18.2 Å². The maximum Gasteiger partial charge on any atom is 0.265 e. The number of nitrogens with zero attached hydrogens (tertiary/aromatic N) is 2. The molecule has 12 heteroatoms. The van der Waals surface area contributed by atoms with E-state index in [2.05, 4.69) is 15.5 Å². The Morgan fingerprint density at radius 3 is 2.52 bits per heavy atom. The fourth-order valence-corrected chi connectivity index (χ4v) is 6.27. The molecule has 3 aliphatic rings. The number of benzene rings is 1. The summed E-state index contributed by atoms with van der Waals surface area (Å²) < 4.78 is 34.0. The molecule has 0 radical (unpaired) electrons. The van der Waals surface area contributed by atoms with Gasteiger partial charge in [0.1, 0.15) is 12.6 Å². The lowest BCUT2D eigenvalue weighted by Gasteiger charge is -2.45. The van der Waals surface area contributed by atoms with Crippen molar-refractivity contribution in [3.63, 3.8) is 0 Å². The summed E-state index contributed by atoms with van der Waals surface area (Å²) in [6.07, 6.45) is 3.45. The Bertz CT molecular complexity index is 1240. The number of carbonyl (C=O) groups is 3. The summed E-state index contributed by atoms with van der Waals surface area (Å²) >= 11 is 7.14. The zero-order chi connectivity index (χ0) is 28.2. The van der Waals surface area contributed by atoms with E-state index in [1.807, 2.05) is 0 Å². The van der Waals surface area contributed by atoms with Crippen molar-refractivity contribution in [2.45, 2.75) is 57.0 Å². The first-order valence-corrected chi connectivity index (χ1v) is 14.9. The number of rotatable bonds is 11. The maximum atomic E-state index is 14.2. The molecule has 5 rings (SSSR count). The molecule has 1 aromatic carbocycles. The van der Waals surface area contributed by atoms with Crippen LogP contribution in [0, 0.1) is 5.92 Å². The summed E-state index contributed by atoms with van der Waals surface area (Å²) in [5, 5.41) is 5.61. The Kier molecular flexibility index (Phi) is 9.34. The van der Waals surface area contributed by atoms with Crippen LogP contribution in [0.5, 0.6) is 0 Å². The molecule has 1 aromatic heterocycles. The monoisotopic (exact) mass is 594 g/mol. The highest BCUT2D eigenvalue weighted by molar-refractivity contribution is 7.18. The van der Waals surface area contributed by atoms with Gasteiger partial charge in [-0.15, -0.1) is 11.3 Å². The number of amides is 3.